The van der Waals surface area contributed by atoms with E-state index in [1.807, 2.05) is 12.1 Å². The highest BCUT2D eigenvalue weighted by Crippen LogP contribution is 2.28. The smallest absolute Gasteiger partial charge is 0.240 e. The number of para-hydroxylation sites is 1. The molecule has 8 heteroatoms. The molecule has 0 amide bonds. The summed E-state index contributed by atoms with van der Waals surface area (Å²) >= 11 is 0. The maximum absolute atomic E-state index is 11.9. The van der Waals surface area contributed by atoms with Gasteiger partial charge in [0.2, 0.25) is 10.0 Å². The van der Waals surface area contributed by atoms with Gasteiger partial charge < -0.3 is 9.84 Å². The zero-order valence-corrected chi connectivity index (χ0v) is 14.3. The summed E-state index contributed by atoms with van der Waals surface area (Å²) in [5.74, 6) is 0.696. The van der Waals surface area contributed by atoms with Gasteiger partial charge in [-0.15, -0.1) is 0 Å². The van der Waals surface area contributed by atoms with Gasteiger partial charge >= 0.3 is 0 Å². The van der Waals surface area contributed by atoms with Crippen LogP contribution in [0.3, 0.4) is 0 Å². The van der Waals surface area contributed by atoms with Crippen molar-refractivity contribution in [3.63, 3.8) is 0 Å². The lowest BCUT2D eigenvalue weighted by molar-refractivity contribution is 0.276. The number of nitrogens with two attached hydrogens (primary N) is 1. The van der Waals surface area contributed by atoms with Crippen LogP contribution in [-0.2, 0) is 16.6 Å². The Hall–Kier alpha value is -2.68. The molecule has 0 saturated heterocycles. The number of aliphatic hydroxyl groups excluding tert-OH is 1. The number of aliphatic hydroxyl groups is 1. The zero-order chi connectivity index (χ0) is 18.0. The highest BCUT2D eigenvalue weighted by Gasteiger charge is 2.19. The number of primary sulfonamides is 1. The summed E-state index contributed by atoms with van der Waals surface area (Å²) in [6.07, 6.45) is 0. The third kappa shape index (κ3) is 3.41. The molecule has 0 unspecified atom stereocenters. The molecule has 130 valence electrons. The normalized spacial score (nSPS) is 11.5. The van der Waals surface area contributed by atoms with Gasteiger partial charge in [-0.2, -0.15) is 5.10 Å². The Kier molecular flexibility index (Phi) is 4.58. The molecule has 25 heavy (non-hydrogen) atoms. The Bertz CT molecular complexity index is 995. The number of methoxy groups -OCH3 is 1. The molecule has 0 radical (unpaired) electrons. The van der Waals surface area contributed by atoms with Crippen molar-refractivity contribution in [3.8, 4) is 22.7 Å². The van der Waals surface area contributed by atoms with Gasteiger partial charge in [0.25, 0.3) is 0 Å². The van der Waals surface area contributed by atoms with Crippen molar-refractivity contribution in [2.24, 2.45) is 5.14 Å². The fraction of sp³-hybridized carbons (Fsp3) is 0.118. The van der Waals surface area contributed by atoms with E-state index in [2.05, 4.69) is 5.10 Å². The Morgan fingerprint density at radius 1 is 1.16 bits per heavy atom. The summed E-state index contributed by atoms with van der Waals surface area (Å²) in [6.45, 7) is -0.270. The van der Waals surface area contributed by atoms with Gasteiger partial charge in [0.15, 0.2) is 0 Å². The fourth-order valence-corrected chi connectivity index (χ4v) is 3.25. The maximum Gasteiger partial charge on any atom is 0.240 e. The van der Waals surface area contributed by atoms with Crippen molar-refractivity contribution in [2.75, 3.05) is 7.11 Å². The molecule has 0 aliphatic carbocycles. The minimum absolute atomic E-state index is 0.0441. The van der Waals surface area contributed by atoms with Crippen LogP contribution in [0.4, 0.5) is 0 Å². The van der Waals surface area contributed by atoms with Crippen LogP contribution >= 0.6 is 0 Å². The lowest BCUT2D eigenvalue weighted by Crippen LogP contribution is -2.16. The summed E-state index contributed by atoms with van der Waals surface area (Å²) in [5.41, 5.74) is 2.14. The van der Waals surface area contributed by atoms with E-state index in [0.29, 0.717) is 22.8 Å². The minimum atomic E-state index is -3.93. The second-order valence-electron chi connectivity index (χ2n) is 5.33. The van der Waals surface area contributed by atoms with E-state index in [-0.39, 0.29) is 11.5 Å². The van der Waals surface area contributed by atoms with E-state index in [4.69, 9.17) is 9.88 Å². The van der Waals surface area contributed by atoms with E-state index in [1.54, 1.807) is 43.5 Å². The molecule has 3 N–H and O–H groups in total. The topological polar surface area (TPSA) is 107 Å². The molecule has 0 fully saturated rings. The summed E-state index contributed by atoms with van der Waals surface area (Å²) < 4.78 is 30.4. The number of sulfonamides is 1. The van der Waals surface area contributed by atoms with Crippen molar-refractivity contribution < 1.29 is 18.3 Å². The summed E-state index contributed by atoms with van der Waals surface area (Å²) in [6, 6.07) is 15.2. The molecule has 1 heterocycles. The van der Waals surface area contributed by atoms with Crippen LogP contribution in [0.15, 0.2) is 59.5 Å². The molecule has 1 aromatic heterocycles. The van der Waals surface area contributed by atoms with Gasteiger partial charge in [-0.1, -0.05) is 12.1 Å². The highest BCUT2D eigenvalue weighted by atomic mass is 32.2. The quantitative estimate of drug-likeness (QED) is 0.721. The number of hydrogen-bond donors (Lipinski definition) is 2. The predicted octanol–water partition coefficient (Wildman–Crippen LogP) is 1.69. The van der Waals surface area contributed by atoms with Gasteiger partial charge in [-0.3, -0.25) is 0 Å². The first-order chi connectivity index (χ1) is 11.9. The fourth-order valence-electron chi connectivity index (χ4n) is 2.53. The van der Waals surface area contributed by atoms with Gasteiger partial charge in [-0.05, 0) is 42.5 Å². The maximum atomic E-state index is 11.9. The van der Waals surface area contributed by atoms with Crippen LogP contribution in [-0.4, -0.2) is 30.4 Å². The minimum Gasteiger partial charge on any atom is -0.497 e. The van der Waals surface area contributed by atoms with Crippen LogP contribution in [0.1, 0.15) is 5.69 Å². The number of ether oxygens (including phenoxy) is 1. The molecule has 2 aromatic carbocycles. The molecule has 0 saturated carbocycles. The van der Waals surface area contributed by atoms with Gasteiger partial charge in [-0.25, -0.2) is 18.2 Å². The molecule has 3 aromatic rings. The summed E-state index contributed by atoms with van der Waals surface area (Å²) in [7, 11) is -2.36. The van der Waals surface area contributed by atoms with Crippen LogP contribution in [0.2, 0.25) is 0 Å². The number of benzene rings is 2. The molecular formula is C17H17N3O4S. The Morgan fingerprint density at radius 2 is 1.84 bits per heavy atom. The number of aromatic nitrogens is 2. The van der Waals surface area contributed by atoms with E-state index >= 15 is 0 Å². The van der Waals surface area contributed by atoms with Gasteiger partial charge in [0.05, 0.1) is 30.8 Å². The lowest BCUT2D eigenvalue weighted by Gasteiger charge is -2.11. The second kappa shape index (κ2) is 6.67. The molecular weight excluding hydrogens is 342 g/mol. The van der Waals surface area contributed by atoms with E-state index in [1.165, 1.54) is 10.7 Å². The number of nitrogens with zero attached hydrogens (tertiary/aromatic N) is 2. The van der Waals surface area contributed by atoms with E-state index in [9.17, 15) is 13.5 Å². The Morgan fingerprint density at radius 3 is 2.44 bits per heavy atom. The van der Waals surface area contributed by atoms with Crippen LogP contribution in [0, 0.1) is 0 Å². The van der Waals surface area contributed by atoms with Gasteiger partial charge in [0.1, 0.15) is 10.6 Å². The second-order valence-corrected chi connectivity index (χ2v) is 6.86. The summed E-state index contributed by atoms with van der Waals surface area (Å²) in [4.78, 5) is -0.0441. The highest BCUT2D eigenvalue weighted by molar-refractivity contribution is 7.89. The molecule has 7 nitrogen and oxygen atoms in total. The number of hydrogen-bond acceptors (Lipinski definition) is 5. The van der Waals surface area contributed by atoms with Crippen molar-refractivity contribution in [1.29, 1.82) is 0 Å². The molecule has 0 aliphatic rings. The first kappa shape index (κ1) is 17.2. The van der Waals surface area contributed by atoms with E-state index < -0.39 is 10.0 Å². The lowest BCUT2D eigenvalue weighted by atomic mass is 10.1. The van der Waals surface area contributed by atoms with Crippen LogP contribution in [0.5, 0.6) is 5.75 Å². The summed E-state index contributed by atoms with van der Waals surface area (Å²) in [5, 5.41) is 19.1. The van der Waals surface area contributed by atoms with Crippen molar-refractivity contribution in [3.05, 3.63) is 60.3 Å². The van der Waals surface area contributed by atoms with E-state index in [0.717, 1.165) is 5.56 Å². The average Bonchev–Trinajstić information content (AvgIpc) is 3.05. The predicted molar refractivity (Wildman–Crippen MR) is 92.8 cm³/mol. The molecule has 0 spiro atoms. The first-order valence-electron chi connectivity index (χ1n) is 7.40. The number of rotatable bonds is 5. The van der Waals surface area contributed by atoms with Crippen LogP contribution in [0.25, 0.3) is 16.9 Å². The Balaban J connectivity index is 2.22. The molecule has 0 atom stereocenters. The van der Waals surface area contributed by atoms with Crippen molar-refractivity contribution in [1.82, 2.24) is 9.78 Å². The zero-order valence-electron chi connectivity index (χ0n) is 13.5. The van der Waals surface area contributed by atoms with Crippen molar-refractivity contribution in [2.45, 2.75) is 11.5 Å². The SMILES string of the molecule is COc1ccc(-c2cc(CO)nn2-c2ccccc2S(N)(=O)=O)cc1. The monoisotopic (exact) mass is 359 g/mol. The van der Waals surface area contributed by atoms with Crippen LogP contribution < -0.4 is 9.88 Å². The Labute approximate surface area is 145 Å². The third-order valence-electron chi connectivity index (χ3n) is 3.71. The molecule has 0 aliphatic heterocycles. The standard InChI is InChI=1S/C17H17N3O4S/c1-24-14-8-6-12(7-9-14)16-10-13(11-21)19-20(16)15-4-2-3-5-17(15)25(18,22)23/h2-10,21H,11H2,1H3,(H2,18,22,23). The third-order valence-corrected chi connectivity index (χ3v) is 4.67. The van der Waals surface area contributed by atoms with Crippen molar-refractivity contribution >= 4 is 10.0 Å². The largest absolute Gasteiger partial charge is 0.497 e. The average molecular weight is 359 g/mol. The van der Waals surface area contributed by atoms with Gasteiger partial charge in [0, 0.05) is 5.56 Å². The first-order valence-corrected chi connectivity index (χ1v) is 8.95. The molecule has 3 rings (SSSR count). The molecule has 0 bridgehead atoms.